The minimum atomic E-state index is 0.166. The lowest BCUT2D eigenvalue weighted by molar-refractivity contribution is -0.130. The van der Waals surface area contributed by atoms with Crippen molar-refractivity contribution in [3.8, 4) is 0 Å². The van der Waals surface area contributed by atoms with Crippen LogP contribution < -0.4 is 0 Å². The number of carbonyl (C=O) groups excluding carboxylic acids is 1. The summed E-state index contributed by atoms with van der Waals surface area (Å²) in [4.78, 5) is 16.2. The maximum absolute atomic E-state index is 11.8. The molecule has 2 aliphatic rings. The first-order chi connectivity index (χ1) is 12.7. The molecule has 26 heavy (non-hydrogen) atoms. The second-order valence-electron chi connectivity index (χ2n) is 7.44. The van der Waals surface area contributed by atoms with E-state index in [-0.39, 0.29) is 5.91 Å². The van der Waals surface area contributed by atoms with E-state index in [4.69, 9.17) is 0 Å². The molecule has 3 heterocycles. The molecule has 1 aromatic heterocycles. The molecular weight excluding hydrogens is 326 g/mol. The molecule has 0 N–H and O–H groups in total. The summed E-state index contributed by atoms with van der Waals surface area (Å²) >= 11 is 0. The number of carbonyl (C=O) groups is 1. The Bertz CT molecular complexity index is 757. The summed E-state index contributed by atoms with van der Waals surface area (Å²) in [6.07, 6.45) is 3.07. The highest BCUT2D eigenvalue weighted by atomic mass is 16.2. The van der Waals surface area contributed by atoms with Crippen LogP contribution in [0.15, 0.2) is 30.3 Å². The molecule has 2 aromatic rings. The Morgan fingerprint density at radius 2 is 1.96 bits per heavy atom. The molecule has 1 saturated heterocycles. The van der Waals surface area contributed by atoms with Crippen LogP contribution in [0.3, 0.4) is 0 Å². The molecule has 1 amide bonds. The fourth-order valence-electron chi connectivity index (χ4n) is 4.16. The van der Waals surface area contributed by atoms with Crippen molar-refractivity contribution in [3.63, 3.8) is 0 Å². The largest absolute Gasteiger partial charge is 0.342 e. The van der Waals surface area contributed by atoms with Gasteiger partial charge in [0.2, 0.25) is 5.91 Å². The number of hydrogen-bond acceptors (Lipinski definition) is 4. The maximum Gasteiger partial charge on any atom is 0.219 e. The van der Waals surface area contributed by atoms with Crippen molar-refractivity contribution in [1.29, 1.82) is 0 Å². The molecule has 0 aliphatic carbocycles. The van der Waals surface area contributed by atoms with Crippen molar-refractivity contribution < 1.29 is 4.79 Å². The van der Waals surface area contributed by atoms with Gasteiger partial charge in [0.25, 0.3) is 0 Å². The SMILES string of the molecule is CC(=O)N1CCC[C@@H](c2nnc3n2CCN(Cc2ccccc2)CC3)C1. The van der Waals surface area contributed by atoms with Gasteiger partial charge >= 0.3 is 0 Å². The van der Waals surface area contributed by atoms with Gasteiger partial charge in [-0.15, -0.1) is 10.2 Å². The normalized spacial score (nSPS) is 21.3. The maximum atomic E-state index is 11.8. The summed E-state index contributed by atoms with van der Waals surface area (Å²) in [5.74, 6) is 2.65. The lowest BCUT2D eigenvalue weighted by Crippen LogP contribution is -2.38. The molecular formula is C20H27N5O. The number of hydrogen-bond donors (Lipinski definition) is 0. The number of fused-ring (bicyclic) bond motifs is 1. The Balaban J connectivity index is 1.45. The lowest BCUT2D eigenvalue weighted by Gasteiger charge is -2.31. The van der Waals surface area contributed by atoms with Crippen LogP contribution >= 0.6 is 0 Å². The third-order valence-corrected chi connectivity index (χ3v) is 5.63. The molecule has 4 rings (SSSR count). The van der Waals surface area contributed by atoms with Crippen LogP contribution in [-0.4, -0.2) is 56.7 Å². The van der Waals surface area contributed by atoms with E-state index in [2.05, 4.69) is 50.0 Å². The van der Waals surface area contributed by atoms with Crippen molar-refractivity contribution in [3.05, 3.63) is 47.5 Å². The van der Waals surface area contributed by atoms with Crippen LogP contribution in [0.4, 0.5) is 0 Å². The van der Waals surface area contributed by atoms with Gasteiger partial charge in [0.15, 0.2) is 0 Å². The molecule has 0 radical (unpaired) electrons. The van der Waals surface area contributed by atoms with Gasteiger partial charge < -0.3 is 9.47 Å². The highest BCUT2D eigenvalue weighted by molar-refractivity contribution is 5.73. The molecule has 1 fully saturated rings. The van der Waals surface area contributed by atoms with Gasteiger partial charge in [-0.05, 0) is 18.4 Å². The molecule has 0 saturated carbocycles. The van der Waals surface area contributed by atoms with Crippen LogP contribution in [0.5, 0.6) is 0 Å². The van der Waals surface area contributed by atoms with Crippen LogP contribution in [0.25, 0.3) is 0 Å². The van der Waals surface area contributed by atoms with Crippen molar-refractivity contribution >= 4 is 5.91 Å². The first-order valence-corrected chi connectivity index (χ1v) is 9.64. The molecule has 1 atom stereocenters. The number of likely N-dealkylation sites (tertiary alicyclic amines) is 1. The lowest BCUT2D eigenvalue weighted by atomic mass is 9.97. The average Bonchev–Trinajstić information content (AvgIpc) is 2.97. The fourth-order valence-corrected chi connectivity index (χ4v) is 4.16. The monoisotopic (exact) mass is 353 g/mol. The van der Waals surface area contributed by atoms with E-state index in [0.717, 1.165) is 70.2 Å². The first kappa shape index (κ1) is 17.2. The molecule has 138 valence electrons. The van der Waals surface area contributed by atoms with Gasteiger partial charge in [-0.2, -0.15) is 0 Å². The van der Waals surface area contributed by atoms with E-state index < -0.39 is 0 Å². The van der Waals surface area contributed by atoms with Crippen molar-refractivity contribution in [2.24, 2.45) is 0 Å². The Morgan fingerprint density at radius 1 is 1.12 bits per heavy atom. The number of nitrogens with zero attached hydrogens (tertiary/aromatic N) is 5. The molecule has 2 aliphatic heterocycles. The second-order valence-corrected chi connectivity index (χ2v) is 7.44. The van der Waals surface area contributed by atoms with E-state index in [1.54, 1.807) is 6.92 Å². The highest BCUT2D eigenvalue weighted by Crippen LogP contribution is 2.27. The Kier molecular flexibility index (Phi) is 5.02. The second kappa shape index (κ2) is 7.58. The molecule has 0 bridgehead atoms. The Morgan fingerprint density at radius 3 is 2.77 bits per heavy atom. The summed E-state index contributed by atoms with van der Waals surface area (Å²) in [5.41, 5.74) is 1.36. The van der Waals surface area contributed by atoms with Crippen LogP contribution in [0, 0.1) is 0 Å². The Labute approximate surface area is 154 Å². The number of amides is 1. The van der Waals surface area contributed by atoms with E-state index in [1.165, 1.54) is 5.56 Å². The van der Waals surface area contributed by atoms with Crippen LogP contribution in [0.2, 0.25) is 0 Å². The number of aromatic nitrogens is 3. The topological polar surface area (TPSA) is 54.3 Å². The van der Waals surface area contributed by atoms with E-state index in [9.17, 15) is 4.79 Å². The fraction of sp³-hybridized carbons (Fsp3) is 0.550. The zero-order valence-corrected chi connectivity index (χ0v) is 15.5. The summed E-state index contributed by atoms with van der Waals surface area (Å²) in [6.45, 7) is 7.25. The van der Waals surface area contributed by atoms with Gasteiger partial charge in [0.05, 0.1) is 0 Å². The first-order valence-electron chi connectivity index (χ1n) is 9.64. The number of piperidine rings is 1. The summed E-state index contributed by atoms with van der Waals surface area (Å²) in [7, 11) is 0. The predicted molar refractivity (Wildman–Crippen MR) is 99.7 cm³/mol. The third kappa shape index (κ3) is 3.65. The average molecular weight is 353 g/mol. The van der Waals surface area contributed by atoms with Crippen molar-refractivity contribution in [2.45, 2.75) is 45.2 Å². The molecule has 0 unspecified atom stereocenters. The van der Waals surface area contributed by atoms with E-state index in [0.29, 0.717) is 5.92 Å². The number of rotatable bonds is 3. The van der Waals surface area contributed by atoms with Gasteiger partial charge in [-0.3, -0.25) is 9.69 Å². The van der Waals surface area contributed by atoms with Gasteiger partial charge in [-0.25, -0.2) is 0 Å². The van der Waals surface area contributed by atoms with Gasteiger partial charge in [-0.1, -0.05) is 30.3 Å². The number of benzene rings is 1. The third-order valence-electron chi connectivity index (χ3n) is 5.63. The summed E-state index contributed by atoms with van der Waals surface area (Å²) < 4.78 is 2.32. The Hall–Kier alpha value is -2.21. The smallest absolute Gasteiger partial charge is 0.219 e. The summed E-state index contributed by atoms with van der Waals surface area (Å²) in [6, 6.07) is 10.6. The van der Waals surface area contributed by atoms with Crippen LogP contribution in [-0.2, 0) is 24.3 Å². The minimum absolute atomic E-state index is 0.166. The molecule has 6 nitrogen and oxygen atoms in total. The van der Waals surface area contributed by atoms with Gasteiger partial charge in [0, 0.05) is 58.5 Å². The highest BCUT2D eigenvalue weighted by Gasteiger charge is 2.29. The minimum Gasteiger partial charge on any atom is -0.342 e. The molecule has 6 heteroatoms. The van der Waals surface area contributed by atoms with E-state index in [1.807, 2.05) is 4.90 Å². The zero-order chi connectivity index (χ0) is 17.9. The predicted octanol–water partition coefficient (Wildman–Crippen LogP) is 2.06. The van der Waals surface area contributed by atoms with E-state index >= 15 is 0 Å². The molecule has 0 spiro atoms. The van der Waals surface area contributed by atoms with Crippen molar-refractivity contribution in [2.75, 3.05) is 26.2 Å². The molecule has 1 aromatic carbocycles. The van der Waals surface area contributed by atoms with Crippen molar-refractivity contribution in [1.82, 2.24) is 24.6 Å². The zero-order valence-electron chi connectivity index (χ0n) is 15.5. The van der Waals surface area contributed by atoms with Crippen LogP contribution in [0.1, 0.15) is 42.9 Å². The van der Waals surface area contributed by atoms with Gasteiger partial charge in [0.1, 0.15) is 11.6 Å². The standard InChI is InChI=1S/C20H27N5O/c1-16(26)24-10-5-8-18(15-24)20-22-21-19-9-11-23(12-13-25(19)20)14-17-6-3-2-4-7-17/h2-4,6-7,18H,5,8-15H2,1H3/t18-/m1/s1. The quantitative estimate of drug-likeness (QED) is 0.848. The summed E-state index contributed by atoms with van der Waals surface area (Å²) in [5, 5.41) is 9.01.